The molecule has 2 rings (SSSR count). The average Bonchev–Trinajstić information content (AvgIpc) is 2.51. The number of hydrogen-bond acceptors (Lipinski definition) is 4. The lowest BCUT2D eigenvalue weighted by atomic mass is 9.84. The molecule has 1 heterocycles. The number of rotatable bonds is 6. The number of carbonyl (C=O) groups excluding carboxylic acids is 2. The molecule has 1 aromatic carbocycles. The Balaban J connectivity index is 2.19. The molecule has 0 saturated heterocycles. The topological polar surface area (TPSA) is 64.6 Å². The third kappa shape index (κ3) is 4.41. The first kappa shape index (κ1) is 18.1. The number of halogens is 1. The number of hydrogen-bond donors (Lipinski definition) is 1. The Bertz CT molecular complexity index is 654. The minimum absolute atomic E-state index is 0.00516. The summed E-state index contributed by atoms with van der Waals surface area (Å²) in [5.41, 5.74) is 0.996. The molecule has 1 unspecified atom stereocenters. The van der Waals surface area contributed by atoms with E-state index in [1.54, 1.807) is 25.1 Å². The molecule has 130 valence electrons. The van der Waals surface area contributed by atoms with Crippen LogP contribution in [0.15, 0.2) is 35.5 Å². The maximum absolute atomic E-state index is 14.1. The van der Waals surface area contributed by atoms with Gasteiger partial charge in [-0.05, 0) is 32.4 Å². The zero-order valence-electron chi connectivity index (χ0n) is 14.1. The monoisotopic (exact) mass is 335 g/mol. The highest BCUT2D eigenvalue weighted by Crippen LogP contribution is 2.34. The van der Waals surface area contributed by atoms with Crippen LogP contribution in [0.5, 0.6) is 0 Å². The second-order valence-corrected chi connectivity index (χ2v) is 5.92. The van der Waals surface area contributed by atoms with Gasteiger partial charge in [0.15, 0.2) is 0 Å². The summed E-state index contributed by atoms with van der Waals surface area (Å²) >= 11 is 0. The van der Waals surface area contributed by atoms with Crippen LogP contribution in [0.2, 0.25) is 0 Å². The first-order valence-corrected chi connectivity index (χ1v) is 7.94. The van der Waals surface area contributed by atoms with E-state index in [1.165, 1.54) is 6.07 Å². The Hall–Kier alpha value is -2.21. The van der Waals surface area contributed by atoms with E-state index in [1.807, 2.05) is 13.8 Å². The molecule has 24 heavy (non-hydrogen) atoms. The highest BCUT2D eigenvalue weighted by atomic mass is 19.1. The highest BCUT2D eigenvalue weighted by Gasteiger charge is 2.34. The normalized spacial score (nSPS) is 17.9. The lowest BCUT2D eigenvalue weighted by Crippen LogP contribution is -2.34. The van der Waals surface area contributed by atoms with Gasteiger partial charge in [-0.2, -0.15) is 0 Å². The third-order valence-corrected chi connectivity index (χ3v) is 3.74. The third-order valence-electron chi connectivity index (χ3n) is 3.74. The predicted octanol–water partition coefficient (Wildman–Crippen LogP) is 2.67. The van der Waals surface area contributed by atoms with Crippen molar-refractivity contribution in [1.29, 1.82) is 0 Å². The maximum atomic E-state index is 14.1. The quantitative estimate of drug-likeness (QED) is 0.641. The summed E-state index contributed by atoms with van der Waals surface area (Å²) in [5.74, 6) is -1.91. The van der Waals surface area contributed by atoms with Gasteiger partial charge >= 0.3 is 5.97 Å². The SMILES string of the molecule is CC1=C(C(=O)OCCOC(C)C)C(c2ccccc2F)CC(=O)N1. The van der Waals surface area contributed by atoms with Crippen LogP contribution in [0.3, 0.4) is 0 Å². The predicted molar refractivity (Wildman–Crippen MR) is 86.6 cm³/mol. The smallest absolute Gasteiger partial charge is 0.336 e. The van der Waals surface area contributed by atoms with E-state index < -0.39 is 17.7 Å². The molecular weight excluding hydrogens is 313 g/mol. The van der Waals surface area contributed by atoms with Gasteiger partial charge in [0.2, 0.25) is 5.91 Å². The van der Waals surface area contributed by atoms with Crippen molar-refractivity contribution in [2.45, 2.75) is 39.2 Å². The molecular formula is C18H22FNO4. The molecule has 0 radical (unpaired) electrons. The number of benzene rings is 1. The van der Waals surface area contributed by atoms with Crippen LogP contribution >= 0.6 is 0 Å². The van der Waals surface area contributed by atoms with Crippen molar-refractivity contribution >= 4 is 11.9 Å². The van der Waals surface area contributed by atoms with Crippen molar-refractivity contribution in [3.8, 4) is 0 Å². The summed E-state index contributed by atoms with van der Waals surface area (Å²) in [5, 5.41) is 2.62. The minimum atomic E-state index is -0.654. The van der Waals surface area contributed by atoms with E-state index in [-0.39, 0.29) is 37.2 Å². The van der Waals surface area contributed by atoms with Crippen LogP contribution in [0.25, 0.3) is 0 Å². The van der Waals surface area contributed by atoms with Crippen LogP contribution in [0.4, 0.5) is 4.39 Å². The second kappa shape index (κ2) is 8.06. The van der Waals surface area contributed by atoms with Gasteiger partial charge in [-0.1, -0.05) is 18.2 Å². The first-order chi connectivity index (χ1) is 11.4. The summed E-state index contributed by atoms with van der Waals surface area (Å²) in [6, 6.07) is 6.15. The van der Waals surface area contributed by atoms with Gasteiger partial charge in [0.25, 0.3) is 0 Å². The van der Waals surface area contributed by atoms with Crippen LogP contribution < -0.4 is 5.32 Å². The van der Waals surface area contributed by atoms with Crippen LogP contribution in [-0.2, 0) is 19.1 Å². The average molecular weight is 335 g/mol. The molecule has 6 heteroatoms. The Morgan fingerprint density at radius 1 is 1.33 bits per heavy atom. The number of amides is 1. The van der Waals surface area contributed by atoms with E-state index in [2.05, 4.69) is 5.32 Å². The lowest BCUT2D eigenvalue weighted by Gasteiger charge is -2.26. The molecule has 5 nitrogen and oxygen atoms in total. The Morgan fingerprint density at radius 3 is 2.71 bits per heavy atom. The number of ether oxygens (including phenoxy) is 2. The van der Waals surface area contributed by atoms with Gasteiger partial charge < -0.3 is 14.8 Å². The Kier molecular flexibility index (Phi) is 6.09. The van der Waals surface area contributed by atoms with E-state index in [0.29, 0.717) is 11.3 Å². The lowest BCUT2D eigenvalue weighted by molar-refractivity contribution is -0.141. The molecule has 0 bridgehead atoms. The minimum Gasteiger partial charge on any atom is -0.460 e. The van der Waals surface area contributed by atoms with Gasteiger partial charge in [-0.3, -0.25) is 4.79 Å². The van der Waals surface area contributed by atoms with Gasteiger partial charge in [0.05, 0.1) is 18.3 Å². The van der Waals surface area contributed by atoms with Crippen molar-refractivity contribution in [3.63, 3.8) is 0 Å². The Labute approximate surface area is 140 Å². The number of carbonyl (C=O) groups is 2. The van der Waals surface area contributed by atoms with Crippen molar-refractivity contribution < 1.29 is 23.5 Å². The summed E-state index contributed by atoms with van der Waals surface area (Å²) in [6.45, 7) is 5.78. The molecule has 1 aromatic rings. The maximum Gasteiger partial charge on any atom is 0.336 e. The van der Waals surface area contributed by atoms with Crippen molar-refractivity contribution in [3.05, 3.63) is 46.9 Å². The van der Waals surface area contributed by atoms with Crippen molar-refractivity contribution in [2.24, 2.45) is 0 Å². The molecule has 0 saturated carbocycles. The number of allylic oxidation sites excluding steroid dienone is 1. The molecule has 0 aromatic heterocycles. The number of nitrogens with one attached hydrogen (secondary N) is 1. The van der Waals surface area contributed by atoms with Crippen molar-refractivity contribution in [1.82, 2.24) is 5.32 Å². The Morgan fingerprint density at radius 2 is 2.04 bits per heavy atom. The van der Waals surface area contributed by atoms with Gasteiger partial charge in [-0.25, -0.2) is 9.18 Å². The standard InChI is InChI=1S/C18H22FNO4/c1-11(2)23-8-9-24-18(22)17-12(3)20-16(21)10-14(17)13-6-4-5-7-15(13)19/h4-7,11,14H,8-10H2,1-3H3,(H,20,21). The zero-order valence-corrected chi connectivity index (χ0v) is 14.1. The zero-order chi connectivity index (χ0) is 17.7. The van der Waals surface area contributed by atoms with E-state index >= 15 is 0 Å². The van der Waals surface area contributed by atoms with Gasteiger partial charge in [0, 0.05) is 18.0 Å². The fourth-order valence-corrected chi connectivity index (χ4v) is 2.69. The number of esters is 1. The summed E-state index contributed by atoms with van der Waals surface area (Å²) in [6.07, 6.45) is 0.0513. The van der Waals surface area contributed by atoms with E-state index in [4.69, 9.17) is 9.47 Å². The molecule has 0 fully saturated rings. The molecule has 0 spiro atoms. The molecule has 0 aliphatic carbocycles. The van der Waals surface area contributed by atoms with Crippen LogP contribution in [-0.4, -0.2) is 31.2 Å². The van der Waals surface area contributed by atoms with Crippen LogP contribution in [0, 0.1) is 5.82 Å². The van der Waals surface area contributed by atoms with Gasteiger partial charge in [0.1, 0.15) is 12.4 Å². The molecule has 1 aliphatic rings. The molecule has 1 atom stereocenters. The molecule has 1 N–H and O–H groups in total. The largest absolute Gasteiger partial charge is 0.460 e. The molecule has 1 aliphatic heterocycles. The fraction of sp³-hybridized carbons (Fsp3) is 0.444. The summed E-state index contributed by atoms with van der Waals surface area (Å²) in [4.78, 5) is 24.3. The fourth-order valence-electron chi connectivity index (χ4n) is 2.69. The molecule has 1 amide bonds. The van der Waals surface area contributed by atoms with E-state index in [0.717, 1.165) is 0 Å². The first-order valence-electron chi connectivity index (χ1n) is 7.94. The summed E-state index contributed by atoms with van der Waals surface area (Å²) in [7, 11) is 0. The van der Waals surface area contributed by atoms with Crippen molar-refractivity contribution in [2.75, 3.05) is 13.2 Å². The van der Waals surface area contributed by atoms with Gasteiger partial charge in [-0.15, -0.1) is 0 Å². The highest BCUT2D eigenvalue weighted by molar-refractivity contribution is 5.95. The van der Waals surface area contributed by atoms with E-state index in [9.17, 15) is 14.0 Å². The summed E-state index contributed by atoms with van der Waals surface area (Å²) < 4.78 is 24.7. The second-order valence-electron chi connectivity index (χ2n) is 5.92. The van der Waals surface area contributed by atoms with Crippen LogP contribution in [0.1, 0.15) is 38.7 Å².